The molecule has 3 nitrogen and oxygen atoms in total. The summed E-state index contributed by atoms with van der Waals surface area (Å²) in [6, 6.07) is 1.79. The molecule has 1 aliphatic carbocycles. The van der Waals surface area contributed by atoms with Crippen LogP contribution < -0.4 is 5.73 Å². The Morgan fingerprint density at radius 2 is 2.42 bits per heavy atom. The molecule has 1 aromatic heterocycles. The Morgan fingerprint density at radius 3 is 3.25 bits per heavy atom. The van der Waals surface area contributed by atoms with Crippen molar-refractivity contribution >= 4 is 0 Å². The molecule has 0 radical (unpaired) electrons. The molecule has 64 valence electrons. The van der Waals surface area contributed by atoms with E-state index in [2.05, 4.69) is 4.98 Å². The van der Waals surface area contributed by atoms with Gasteiger partial charge in [-0.25, -0.2) is 0 Å². The Labute approximate surface area is 71.2 Å². The maximum atomic E-state index is 9.19. The molecule has 1 atom stereocenters. The number of aryl methyl sites for hydroxylation is 1. The molecule has 1 unspecified atom stereocenters. The number of fused-ring (bicyclic) bond motifs is 1. The third-order valence-corrected chi connectivity index (χ3v) is 2.32. The summed E-state index contributed by atoms with van der Waals surface area (Å²) >= 11 is 0. The van der Waals surface area contributed by atoms with Gasteiger partial charge in [-0.1, -0.05) is 0 Å². The number of hydrogen-bond acceptors (Lipinski definition) is 3. The van der Waals surface area contributed by atoms with Gasteiger partial charge in [0, 0.05) is 11.7 Å². The van der Waals surface area contributed by atoms with Crippen LogP contribution in [0.1, 0.15) is 30.1 Å². The minimum atomic E-state index is 0.0633. The summed E-state index contributed by atoms with van der Waals surface area (Å²) in [6.45, 7) is 0. The quantitative estimate of drug-likeness (QED) is 0.604. The van der Waals surface area contributed by atoms with Gasteiger partial charge in [-0.2, -0.15) is 0 Å². The third-order valence-electron chi connectivity index (χ3n) is 2.32. The first-order valence-corrected chi connectivity index (χ1v) is 4.21. The van der Waals surface area contributed by atoms with Crippen molar-refractivity contribution in [2.45, 2.75) is 25.3 Å². The highest BCUT2D eigenvalue weighted by atomic mass is 16.3. The molecule has 0 amide bonds. The molecule has 0 saturated heterocycles. The topological polar surface area (TPSA) is 59.1 Å². The number of hydrogen-bond donors (Lipinski definition) is 2. The van der Waals surface area contributed by atoms with Gasteiger partial charge in [0.25, 0.3) is 0 Å². The van der Waals surface area contributed by atoms with E-state index in [9.17, 15) is 5.11 Å². The lowest BCUT2D eigenvalue weighted by molar-refractivity contribution is 0.465. The zero-order valence-corrected chi connectivity index (χ0v) is 6.83. The summed E-state index contributed by atoms with van der Waals surface area (Å²) in [5.41, 5.74) is 7.93. The molecule has 0 fully saturated rings. The van der Waals surface area contributed by atoms with Crippen molar-refractivity contribution in [2.75, 3.05) is 0 Å². The average molecular weight is 164 g/mol. The van der Waals surface area contributed by atoms with Crippen molar-refractivity contribution in [1.82, 2.24) is 4.98 Å². The minimum absolute atomic E-state index is 0.0633. The van der Waals surface area contributed by atoms with Crippen molar-refractivity contribution in [3.05, 3.63) is 23.5 Å². The molecule has 1 heterocycles. The second-order valence-corrected chi connectivity index (χ2v) is 3.23. The van der Waals surface area contributed by atoms with E-state index in [1.165, 1.54) is 6.20 Å². The van der Waals surface area contributed by atoms with Gasteiger partial charge < -0.3 is 10.8 Å². The van der Waals surface area contributed by atoms with Crippen LogP contribution in [-0.2, 0) is 6.42 Å². The van der Waals surface area contributed by atoms with E-state index < -0.39 is 0 Å². The molecule has 1 aliphatic rings. The number of nitrogens with zero attached hydrogens (tertiary/aromatic N) is 1. The number of aromatic hydroxyl groups is 1. The van der Waals surface area contributed by atoms with E-state index in [0.29, 0.717) is 0 Å². The molecular formula is C9H12N2O. The van der Waals surface area contributed by atoms with E-state index in [1.807, 2.05) is 0 Å². The van der Waals surface area contributed by atoms with E-state index in [0.717, 1.165) is 30.5 Å². The first-order valence-electron chi connectivity index (χ1n) is 4.21. The van der Waals surface area contributed by atoms with Crippen LogP contribution in [0.25, 0.3) is 0 Å². The van der Waals surface area contributed by atoms with E-state index >= 15 is 0 Å². The molecule has 0 saturated carbocycles. The Balaban J connectivity index is 2.47. The highest BCUT2D eigenvalue weighted by Gasteiger charge is 2.17. The van der Waals surface area contributed by atoms with Gasteiger partial charge in [-0.15, -0.1) is 0 Å². The summed E-state index contributed by atoms with van der Waals surface area (Å²) in [6.07, 6.45) is 4.57. The van der Waals surface area contributed by atoms with E-state index in [1.54, 1.807) is 6.07 Å². The maximum Gasteiger partial charge on any atom is 0.134 e. The number of pyridine rings is 1. The molecule has 0 aliphatic heterocycles. The van der Waals surface area contributed by atoms with E-state index in [-0.39, 0.29) is 11.8 Å². The molecule has 0 spiro atoms. The van der Waals surface area contributed by atoms with Crippen LogP contribution in [0, 0.1) is 0 Å². The molecule has 3 N–H and O–H groups in total. The fourth-order valence-electron chi connectivity index (χ4n) is 1.67. The highest BCUT2D eigenvalue weighted by Crippen LogP contribution is 2.28. The third kappa shape index (κ3) is 1.16. The zero-order chi connectivity index (χ0) is 8.55. The normalized spacial score (nSPS) is 21.9. The number of aromatic nitrogens is 1. The number of nitrogens with two attached hydrogens (primary N) is 1. The Bertz CT molecular complexity index is 299. The molecule has 2 rings (SSSR count). The van der Waals surface area contributed by atoms with Gasteiger partial charge in [0.1, 0.15) is 5.75 Å². The second-order valence-electron chi connectivity index (χ2n) is 3.23. The first-order chi connectivity index (χ1) is 5.77. The van der Waals surface area contributed by atoms with Gasteiger partial charge in [-0.05, 0) is 30.9 Å². The lowest BCUT2D eigenvalue weighted by Crippen LogP contribution is -2.18. The van der Waals surface area contributed by atoms with Crippen molar-refractivity contribution in [3.63, 3.8) is 0 Å². The van der Waals surface area contributed by atoms with E-state index in [4.69, 9.17) is 5.73 Å². The van der Waals surface area contributed by atoms with Crippen LogP contribution in [-0.4, -0.2) is 10.1 Å². The standard InChI is InChI=1S/C9H12N2O/c10-8-2-1-3-9-7(8)4-6(12)5-11-9/h4-5,8,12H,1-3,10H2. The van der Waals surface area contributed by atoms with Crippen LogP contribution in [0.15, 0.2) is 12.3 Å². The first kappa shape index (κ1) is 7.55. The van der Waals surface area contributed by atoms with Gasteiger partial charge in [0.05, 0.1) is 6.20 Å². The summed E-state index contributed by atoms with van der Waals surface area (Å²) in [5, 5.41) is 9.19. The van der Waals surface area contributed by atoms with Crippen molar-refractivity contribution < 1.29 is 5.11 Å². The summed E-state index contributed by atoms with van der Waals surface area (Å²) in [4.78, 5) is 4.14. The Morgan fingerprint density at radius 1 is 1.58 bits per heavy atom. The van der Waals surface area contributed by atoms with Crippen LogP contribution in [0.4, 0.5) is 0 Å². The fraction of sp³-hybridized carbons (Fsp3) is 0.444. The zero-order valence-electron chi connectivity index (χ0n) is 6.83. The monoisotopic (exact) mass is 164 g/mol. The lowest BCUT2D eigenvalue weighted by atomic mass is 9.92. The molecule has 1 aromatic rings. The maximum absolute atomic E-state index is 9.19. The second kappa shape index (κ2) is 2.75. The summed E-state index contributed by atoms with van der Waals surface area (Å²) in [5.74, 6) is 0.214. The predicted octanol–water partition coefficient (Wildman–Crippen LogP) is 1.12. The van der Waals surface area contributed by atoms with Crippen LogP contribution in [0.5, 0.6) is 5.75 Å². The summed E-state index contributed by atoms with van der Waals surface area (Å²) < 4.78 is 0. The molecule has 0 bridgehead atoms. The van der Waals surface area contributed by atoms with Gasteiger partial charge >= 0.3 is 0 Å². The largest absolute Gasteiger partial charge is 0.506 e. The van der Waals surface area contributed by atoms with Gasteiger partial charge in [0.2, 0.25) is 0 Å². The van der Waals surface area contributed by atoms with Crippen LogP contribution in [0.3, 0.4) is 0 Å². The molecular weight excluding hydrogens is 152 g/mol. The highest BCUT2D eigenvalue weighted by molar-refractivity contribution is 5.32. The fourth-order valence-corrected chi connectivity index (χ4v) is 1.67. The minimum Gasteiger partial charge on any atom is -0.506 e. The van der Waals surface area contributed by atoms with Crippen molar-refractivity contribution in [2.24, 2.45) is 5.73 Å². The predicted molar refractivity (Wildman–Crippen MR) is 45.8 cm³/mol. The molecule has 12 heavy (non-hydrogen) atoms. The Kier molecular flexibility index (Phi) is 1.73. The van der Waals surface area contributed by atoms with Gasteiger partial charge in [0.15, 0.2) is 0 Å². The number of rotatable bonds is 0. The van der Waals surface area contributed by atoms with Crippen LogP contribution in [0.2, 0.25) is 0 Å². The SMILES string of the molecule is NC1CCCc2ncc(O)cc21. The van der Waals surface area contributed by atoms with Crippen molar-refractivity contribution in [3.8, 4) is 5.75 Å². The molecule has 3 heteroatoms. The van der Waals surface area contributed by atoms with Crippen LogP contribution >= 0.6 is 0 Å². The lowest BCUT2D eigenvalue weighted by Gasteiger charge is -2.20. The van der Waals surface area contributed by atoms with Crippen molar-refractivity contribution in [1.29, 1.82) is 0 Å². The summed E-state index contributed by atoms with van der Waals surface area (Å²) in [7, 11) is 0. The molecule has 0 aromatic carbocycles. The van der Waals surface area contributed by atoms with Gasteiger partial charge in [-0.3, -0.25) is 4.98 Å². The average Bonchev–Trinajstić information content (AvgIpc) is 2.07. The Hall–Kier alpha value is -1.09. The smallest absolute Gasteiger partial charge is 0.134 e.